The lowest BCUT2D eigenvalue weighted by Gasteiger charge is -2.44. The number of allylic oxidation sites excluding steroid dienone is 3. The Morgan fingerprint density at radius 1 is 1.05 bits per heavy atom. The fourth-order valence-corrected chi connectivity index (χ4v) is 6.12. The molecule has 2 N–H and O–H groups in total. The van der Waals surface area contributed by atoms with Gasteiger partial charge in [0.2, 0.25) is 0 Å². The van der Waals surface area contributed by atoms with Gasteiger partial charge in [0, 0.05) is 28.4 Å². The zero-order valence-electron chi connectivity index (χ0n) is 23.0. The lowest BCUT2D eigenvalue weighted by atomic mass is 9.68. The van der Waals surface area contributed by atoms with Gasteiger partial charge >= 0.3 is 0 Å². The monoisotopic (exact) mass is 571 g/mol. The zero-order chi connectivity index (χ0) is 28.8. The molecule has 5 nitrogen and oxygen atoms in total. The van der Waals surface area contributed by atoms with Gasteiger partial charge in [-0.2, -0.15) is 5.26 Å². The first-order valence-electron chi connectivity index (χ1n) is 13.2. The highest BCUT2D eigenvalue weighted by atomic mass is 35.5. The van der Waals surface area contributed by atoms with E-state index < -0.39 is 5.92 Å². The van der Waals surface area contributed by atoms with Crippen molar-refractivity contribution in [1.82, 2.24) is 0 Å². The number of carbonyl (C=O) groups excluding carboxylic acids is 1. The molecule has 1 heterocycles. The summed E-state index contributed by atoms with van der Waals surface area (Å²) in [5, 5.41) is 11.6. The van der Waals surface area contributed by atoms with Crippen molar-refractivity contribution < 1.29 is 9.53 Å². The number of halogens is 2. The molecule has 0 saturated heterocycles. The average molecular weight is 573 g/mol. The summed E-state index contributed by atoms with van der Waals surface area (Å²) >= 11 is 12.5. The van der Waals surface area contributed by atoms with E-state index in [1.54, 1.807) is 18.2 Å². The number of aryl methyl sites for hydroxylation is 2. The van der Waals surface area contributed by atoms with E-state index in [1.165, 1.54) is 0 Å². The number of nitriles is 1. The Kier molecular flexibility index (Phi) is 7.44. The minimum Gasteiger partial charge on any atom is -0.487 e. The summed E-state index contributed by atoms with van der Waals surface area (Å²) in [5.41, 5.74) is 13.0. The maximum atomic E-state index is 13.9. The molecule has 1 unspecified atom stereocenters. The van der Waals surface area contributed by atoms with Gasteiger partial charge in [-0.3, -0.25) is 9.69 Å². The van der Waals surface area contributed by atoms with Crippen LogP contribution in [0.3, 0.4) is 0 Å². The van der Waals surface area contributed by atoms with Crippen molar-refractivity contribution >= 4 is 34.7 Å². The predicted octanol–water partition coefficient (Wildman–Crippen LogP) is 8.13. The van der Waals surface area contributed by atoms with Crippen molar-refractivity contribution in [2.45, 2.75) is 53.1 Å². The van der Waals surface area contributed by atoms with Crippen LogP contribution in [-0.2, 0) is 11.4 Å². The Bertz CT molecular complexity index is 1610. The number of ether oxygens (including phenoxy) is 1. The SMILES string of the molecule is Cc1cc(C)c(C2C(C#N)=C(N)N(c3ccc(Cl)cc3)C3=C2C(=O)CC(C)(C)C3)cc1COc1ccccc1Cl. The van der Waals surface area contributed by atoms with Gasteiger partial charge in [0.15, 0.2) is 5.78 Å². The van der Waals surface area contributed by atoms with Crippen LogP contribution in [0.15, 0.2) is 83.3 Å². The van der Waals surface area contributed by atoms with Gasteiger partial charge in [-0.05, 0) is 84.3 Å². The van der Waals surface area contributed by atoms with Crippen LogP contribution in [0.5, 0.6) is 5.75 Å². The minimum absolute atomic E-state index is 0.0318. The highest BCUT2D eigenvalue weighted by Gasteiger charge is 2.45. The molecule has 0 saturated carbocycles. The molecule has 0 fully saturated rings. The van der Waals surface area contributed by atoms with Crippen LogP contribution in [0.4, 0.5) is 5.69 Å². The first kappa shape index (κ1) is 27.8. The zero-order valence-corrected chi connectivity index (χ0v) is 24.5. The number of carbonyl (C=O) groups is 1. The van der Waals surface area contributed by atoms with Gasteiger partial charge < -0.3 is 10.5 Å². The molecule has 5 rings (SSSR count). The van der Waals surface area contributed by atoms with Gasteiger partial charge in [0.25, 0.3) is 0 Å². The molecule has 1 aliphatic carbocycles. The van der Waals surface area contributed by atoms with E-state index in [4.69, 9.17) is 33.7 Å². The van der Waals surface area contributed by atoms with Crippen LogP contribution in [0.2, 0.25) is 10.0 Å². The Morgan fingerprint density at radius 2 is 1.75 bits per heavy atom. The Balaban J connectivity index is 1.66. The summed E-state index contributed by atoms with van der Waals surface area (Å²) in [7, 11) is 0. The van der Waals surface area contributed by atoms with E-state index in [1.807, 2.05) is 55.1 Å². The fraction of sp³-hybridized carbons (Fsp3) is 0.273. The molecule has 0 bridgehead atoms. The molecule has 3 aromatic carbocycles. The van der Waals surface area contributed by atoms with Gasteiger partial charge in [-0.15, -0.1) is 0 Å². The number of Topliss-reactive ketones (excluding diaryl/α,β-unsaturated/α-hetero) is 1. The normalized spacial score (nSPS) is 18.5. The van der Waals surface area contributed by atoms with E-state index in [0.717, 1.165) is 33.6 Å². The molecule has 3 aromatic rings. The van der Waals surface area contributed by atoms with Gasteiger partial charge in [-0.25, -0.2) is 0 Å². The van der Waals surface area contributed by atoms with E-state index in [0.29, 0.717) is 52.2 Å². The van der Waals surface area contributed by atoms with Crippen molar-refractivity contribution in [2.24, 2.45) is 11.1 Å². The van der Waals surface area contributed by atoms with Crippen LogP contribution in [0.1, 0.15) is 54.9 Å². The lowest BCUT2D eigenvalue weighted by molar-refractivity contribution is -0.118. The second kappa shape index (κ2) is 10.7. The molecular formula is C33H31Cl2N3O2. The van der Waals surface area contributed by atoms with Crippen LogP contribution in [0.25, 0.3) is 0 Å². The number of nitrogens with two attached hydrogens (primary N) is 1. The van der Waals surface area contributed by atoms with Crippen LogP contribution >= 0.6 is 23.2 Å². The third-order valence-corrected chi connectivity index (χ3v) is 8.29. The van der Waals surface area contributed by atoms with Gasteiger partial charge in [0.1, 0.15) is 18.2 Å². The molecule has 0 spiro atoms. The van der Waals surface area contributed by atoms with Crippen molar-refractivity contribution in [3.05, 3.63) is 116 Å². The first-order valence-corrected chi connectivity index (χ1v) is 14.0. The number of anilines is 1. The lowest BCUT2D eigenvalue weighted by Crippen LogP contribution is -2.42. The summed E-state index contributed by atoms with van der Waals surface area (Å²) in [4.78, 5) is 15.8. The summed E-state index contributed by atoms with van der Waals surface area (Å²) in [6, 6.07) is 21.1. The smallest absolute Gasteiger partial charge is 0.162 e. The second-order valence-electron chi connectivity index (χ2n) is 11.3. The minimum atomic E-state index is -0.577. The Hall–Kier alpha value is -3.72. The van der Waals surface area contributed by atoms with Crippen LogP contribution in [0, 0.1) is 30.6 Å². The Morgan fingerprint density at radius 3 is 2.42 bits per heavy atom. The highest BCUT2D eigenvalue weighted by molar-refractivity contribution is 6.32. The van der Waals surface area contributed by atoms with Crippen LogP contribution in [-0.4, -0.2) is 5.78 Å². The number of rotatable bonds is 5. The van der Waals surface area contributed by atoms with E-state index in [2.05, 4.69) is 26.0 Å². The molecule has 1 aliphatic heterocycles. The molecule has 204 valence electrons. The van der Waals surface area contributed by atoms with Crippen LogP contribution < -0.4 is 15.4 Å². The standard InChI is InChI=1S/C33H31Cl2N3O2/c1-19-13-20(2)24(14-21(19)18-40-29-8-6-5-7-26(29)35)30-25(17-36)32(37)38(23-11-9-22(34)10-12-23)27-15-33(3,4)16-28(39)31(27)30/h5-14,30H,15-16,18,37H2,1-4H3. The Labute approximate surface area is 245 Å². The molecule has 0 aromatic heterocycles. The summed E-state index contributed by atoms with van der Waals surface area (Å²) in [6.07, 6.45) is 1.03. The summed E-state index contributed by atoms with van der Waals surface area (Å²) in [5.74, 6) is 0.377. The fourth-order valence-electron chi connectivity index (χ4n) is 5.80. The van der Waals surface area contributed by atoms with E-state index >= 15 is 0 Å². The maximum Gasteiger partial charge on any atom is 0.162 e. The van der Waals surface area contributed by atoms with Gasteiger partial charge in [-0.1, -0.05) is 61.3 Å². The van der Waals surface area contributed by atoms with Crippen molar-refractivity contribution in [3.63, 3.8) is 0 Å². The summed E-state index contributed by atoms with van der Waals surface area (Å²) < 4.78 is 6.07. The molecule has 2 aliphatic rings. The molecule has 0 radical (unpaired) electrons. The molecule has 0 amide bonds. The first-order chi connectivity index (χ1) is 19.0. The molecule has 7 heteroatoms. The second-order valence-corrected chi connectivity index (χ2v) is 12.2. The average Bonchev–Trinajstić information content (AvgIpc) is 2.89. The maximum absolute atomic E-state index is 13.9. The molecular weight excluding hydrogens is 541 g/mol. The summed E-state index contributed by atoms with van der Waals surface area (Å²) in [6.45, 7) is 8.50. The van der Waals surface area contributed by atoms with E-state index in [9.17, 15) is 10.1 Å². The largest absolute Gasteiger partial charge is 0.487 e. The topological polar surface area (TPSA) is 79.4 Å². The number of hydrogen-bond donors (Lipinski definition) is 1. The third kappa shape index (κ3) is 5.10. The number of benzene rings is 3. The third-order valence-electron chi connectivity index (χ3n) is 7.72. The predicted molar refractivity (Wildman–Crippen MR) is 160 cm³/mol. The van der Waals surface area contributed by atoms with E-state index in [-0.39, 0.29) is 11.2 Å². The number of ketones is 1. The van der Waals surface area contributed by atoms with Gasteiger partial charge in [0.05, 0.1) is 22.6 Å². The molecule has 40 heavy (non-hydrogen) atoms. The number of para-hydroxylation sites is 1. The molecule has 1 atom stereocenters. The van der Waals surface area contributed by atoms with Crippen molar-refractivity contribution in [3.8, 4) is 11.8 Å². The number of nitrogens with zero attached hydrogens (tertiary/aromatic N) is 2. The van der Waals surface area contributed by atoms with Crippen molar-refractivity contribution in [1.29, 1.82) is 5.26 Å². The number of hydrogen-bond acceptors (Lipinski definition) is 5. The highest BCUT2D eigenvalue weighted by Crippen LogP contribution is 2.51. The van der Waals surface area contributed by atoms with Crippen molar-refractivity contribution in [2.75, 3.05) is 4.90 Å². The quantitative estimate of drug-likeness (QED) is 0.334.